The molecule has 0 aliphatic carbocycles. The summed E-state index contributed by atoms with van der Waals surface area (Å²) in [5.41, 5.74) is 1.13. The van der Waals surface area contributed by atoms with Crippen molar-refractivity contribution >= 4 is 12.9 Å². The van der Waals surface area contributed by atoms with Crippen molar-refractivity contribution in [2.45, 2.75) is 13.3 Å². The molecule has 0 saturated carbocycles. The SMILES string of the molecule is CCCO[B]c1ccccc1.O.O. The van der Waals surface area contributed by atoms with Crippen molar-refractivity contribution in [3.05, 3.63) is 30.3 Å². The third-order valence-corrected chi connectivity index (χ3v) is 1.34. The van der Waals surface area contributed by atoms with Crippen molar-refractivity contribution < 1.29 is 15.6 Å². The average Bonchev–Trinajstić information content (AvgIpc) is 2.07. The Morgan fingerprint density at radius 1 is 1.15 bits per heavy atom. The molecule has 0 heterocycles. The van der Waals surface area contributed by atoms with E-state index in [1.807, 2.05) is 30.3 Å². The highest BCUT2D eigenvalue weighted by Crippen LogP contribution is 1.83. The fourth-order valence-electron chi connectivity index (χ4n) is 0.805. The van der Waals surface area contributed by atoms with Gasteiger partial charge < -0.3 is 15.6 Å². The summed E-state index contributed by atoms with van der Waals surface area (Å²) >= 11 is 0. The maximum Gasteiger partial charge on any atom is 0.329 e. The largest absolute Gasteiger partial charge is 0.434 e. The lowest BCUT2D eigenvalue weighted by atomic mass is 9.88. The summed E-state index contributed by atoms with van der Waals surface area (Å²) in [7, 11) is 1.80. The molecule has 1 radical (unpaired) electrons. The van der Waals surface area contributed by atoms with Crippen molar-refractivity contribution in [2.24, 2.45) is 0 Å². The Balaban J connectivity index is 0. The van der Waals surface area contributed by atoms with Crippen LogP contribution in [-0.2, 0) is 4.65 Å². The quantitative estimate of drug-likeness (QED) is 0.466. The summed E-state index contributed by atoms with van der Waals surface area (Å²) in [6.45, 7) is 2.90. The molecule has 0 unspecified atom stereocenters. The minimum absolute atomic E-state index is 0. The summed E-state index contributed by atoms with van der Waals surface area (Å²) in [4.78, 5) is 0. The van der Waals surface area contributed by atoms with Crippen LogP contribution in [0.3, 0.4) is 0 Å². The maximum atomic E-state index is 5.24. The maximum absolute atomic E-state index is 5.24. The molecule has 1 rings (SSSR count). The van der Waals surface area contributed by atoms with Gasteiger partial charge in [0.25, 0.3) is 0 Å². The summed E-state index contributed by atoms with van der Waals surface area (Å²) in [5.74, 6) is 0. The van der Waals surface area contributed by atoms with Gasteiger partial charge in [-0.25, -0.2) is 0 Å². The van der Waals surface area contributed by atoms with Gasteiger partial charge in [-0.2, -0.15) is 0 Å². The van der Waals surface area contributed by atoms with E-state index in [1.54, 1.807) is 7.48 Å². The lowest BCUT2D eigenvalue weighted by molar-refractivity contribution is 0.341. The van der Waals surface area contributed by atoms with Crippen molar-refractivity contribution in [1.29, 1.82) is 0 Å². The van der Waals surface area contributed by atoms with E-state index >= 15 is 0 Å². The number of hydrogen-bond acceptors (Lipinski definition) is 1. The Bertz CT molecular complexity index is 191. The normalized spacial score (nSPS) is 8.08. The molecule has 0 bridgehead atoms. The van der Waals surface area contributed by atoms with E-state index in [0.29, 0.717) is 0 Å². The summed E-state index contributed by atoms with van der Waals surface area (Å²) < 4.78 is 5.24. The highest BCUT2D eigenvalue weighted by atomic mass is 16.4. The van der Waals surface area contributed by atoms with Gasteiger partial charge in [0, 0.05) is 6.61 Å². The molecule has 0 amide bonds. The van der Waals surface area contributed by atoms with Crippen LogP contribution in [0.5, 0.6) is 0 Å². The molecule has 3 nitrogen and oxygen atoms in total. The van der Waals surface area contributed by atoms with Crippen LogP contribution in [0.25, 0.3) is 0 Å². The zero-order chi connectivity index (χ0) is 7.94. The fourth-order valence-corrected chi connectivity index (χ4v) is 0.805. The zero-order valence-electron chi connectivity index (χ0n) is 7.79. The molecule has 13 heavy (non-hydrogen) atoms. The number of rotatable bonds is 4. The lowest BCUT2D eigenvalue weighted by Crippen LogP contribution is -2.16. The Morgan fingerprint density at radius 2 is 1.77 bits per heavy atom. The summed E-state index contributed by atoms with van der Waals surface area (Å²) in [6.07, 6.45) is 1.06. The van der Waals surface area contributed by atoms with Gasteiger partial charge in [-0.05, 0) is 6.42 Å². The molecule has 4 N–H and O–H groups in total. The Hall–Kier alpha value is -0.835. The van der Waals surface area contributed by atoms with Crippen molar-refractivity contribution in [3.8, 4) is 0 Å². The van der Waals surface area contributed by atoms with E-state index in [1.165, 1.54) is 0 Å². The van der Waals surface area contributed by atoms with Gasteiger partial charge >= 0.3 is 7.48 Å². The van der Waals surface area contributed by atoms with Crippen molar-refractivity contribution in [2.75, 3.05) is 6.61 Å². The second-order valence-electron chi connectivity index (χ2n) is 2.40. The molecule has 0 spiro atoms. The Morgan fingerprint density at radius 3 is 2.31 bits per heavy atom. The molecule has 1 aromatic carbocycles. The van der Waals surface area contributed by atoms with E-state index in [0.717, 1.165) is 18.5 Å². The van der Waals surface area contributed by atoms with Crippen LogP contribution in [0.2, 0.25) is 0 Å². The highest BCUT2D eigenvalue weighted by Gasteiger charge is 1.93. The third kappa shape index (κ3) is 6.34. The number of hydrogen-bond donors (Lipinski definition) is 0. The Labute approximate surface area is 79.6 Å². The van der Waals surface area contributed by atoms with Gasteiger partial charge in [-0.3, -0.25) is 0 Å². The first-order chi connectivity index (χ1) is 5.43. The molecule has 0 aliphatic rings. The molecule has 73 valence electrons. The fraction of sp³-hybridized carbons (Fsp3) is 0.333. The van der Waals surface area contributed by atoms with Gasteiger partial charge in [0.15, 0.2) is 0 Å². The topological polar surface area (TPSA) is 72.2 Å². The predicted molar refractivity (Wildman–Crippen MR) is 55.3 cm³/mol. The Kier molecular flexibility index (Phi) is 10.4. The molecule has 4 heteroatoms. The van der Waals surface area contributed by atoms with Crippen LogP contribution in [0.4, 0.5) is 0 Å². The van der Waals surface area contributed by atoms with Crippen molar-refractivity contribution in [1.82, 2.24) is 0 Å². The summed E-state index contributed by atoms with van der Waals surface area (Å²) in [6, 6.07) is 10.0. The molecular weight excluding hydrogens is 167 g/mol. The van der Waals surface area contributed by atoms with E-state index in [2.05, 4.69) is 6.92 Å². The molecule has 0 aliphatic heterocycles. The van der Waals surface area contributed by atoms with Crippen molar-refractivity contribution in [3.63, 3.8) is 0 Å². The smallest absolute Gasteiger partial charge is 0.329 e. The van der Waals surface area contributed by atoms with E-state index in [9.17, 15) is 0 Å². The summed E-state index contributed by atoms with van der Waals surface area (Å²) in [5, 5.41) is 0. The van der Waals surface area contributed by atoms with Crippen LogP contribution < -0.4 is 5.46 Å². The standard InChI is InChI=1S/C9H12BO.2H2O/c1-2-8-11-10-9-6-4-3-5-7-9;;/h3-7H,2,8H2,1H3;2*1H2. The van der Waals surface area contributed by atoms with Gasteiger partial charge in [0.05, 0.1) is 0 Å². The monoisotopic (exact) mass is 183 g/mol. The zero-order valence-corrected chi connectivity index (χ0v) is 7.79. The highest BCUT2D eigenvalue weighted by molar-refractivity contribution is 6.46. The second-order valence-corrected chi connectivity index (χ2v) is 2.40. The van der Waals surface area contributed by atoms with E-state index in [4.69, 9.17) is 4.65 Å². The van der Waals surface area contributed by atoms with Gasteiger partial charge in [0.1, 0.15) is 0 Å². The molecule has 0 saturated heterocycles. The number of benzene rings is 1. The van der Waals surface area contributed by atoms with E-state index in [-0.39, 0.29) is 11.0 Å². The molecular formula is C9H16BO3. The van der Waals surface area contributed by atoms with Crippen LogP contribution in [0.15, 0.2) is 30.3 Å². The molecule has 1 aromatic rings. The lowest BCUT2D eigenvalue weighted by Gasteiger charge is -1.98. The predicted octanol–water partition coefficient (Wildman–Crippen LogP) is -0.292. The minimum Gasteiger partial charge on any atom is -0.434 e. The molecule has 0 atom stereocenters. The van der Waals surface area contributed by atoms with Gasteiger partial charge in [0.2, 0.25) is 0 Å². The van der Waals surface area contributed by atoms with Gasteiger partial charge in [-0.1, -0.05) is 42.7 Å². The van der Waals surface area contributed by atoms with Crippen LogP contribution in [0, 0.1) is 0 Å². The van der Waals surface area contributed by atoms with Crippen LogP contribution in [0.1, 0.15) is 13.3 Å². The first-order valence-corrected chi connectivity index (χ1v) is 3.93. The average molecular weight is 183 g/mol. The second kappa shape index (κ2) is 9.25. The first kappa shape index (κ1) is 14.7. The van der Waals surface area contributed by atoms with Gasteiger partial charge in [-0.15, -0.1) is 0 Å². The van der Waals surface area contributed by atoms with E-state index < -0.39 is 0 Å². The first-order valence-electron chi connectivity index (χ1n) is 3.93. The minimum atomic E-state index is 0. The molecule has 0 fully saturated rings. The van der Waals surface area contributed by atoms with Crippen LogP contribution >= 0.6 is 0 Å². The van der Waals surface area contributed by atoms with Crippen LogP contribution in [-0.4, -0.2) is 25.0 Å². The molecule has 0 aromatic heterocycles. The third-order valence-electron chi connectivity index (χ3n) is 1.34.